The van der Waals surface area contributed by atoms with Crippen molar-refractivity contribution >= 4 is 40.7 Å². The molecule has 0 saturated heterocycles. The van der Waals surface area contributed by atoms with Gasteiger partial charge in [-0.15, -0.1) is 0 Å². The van der Waals surface area contributed by atoms with Gasteiger partial charge in [-0.25, -0.2) is 4.39 Å². The summed E-state index contributed by atoms with van der Waals surface area (Å²) in [6.07, 6.45) is 0. The summed E-state index contributed by atoms with van der Waals surface area (Å²) in [7, 11) is 1.32. The van der Waals surface area contributed by atoms with Crippen LogP contribution >= 0.6 is 23.2 Å². The molecule has 2 aromatic rings. The molecule has 2 N–H and O–H groups in total. The van der Waals surface area contributed by atoms with Gasteiger partial charge >= 0.3 is 0 Å². The number of hydrogen-bond donors (Lipinski definition) is 2. The lowest BCUT2D eigenvalue weighted by molar-refractivity contribution is -0.115. The fraction of sp³-hybridized carbons (Fsp3) is 0.125. The summed E-state index contributed by atoms with van der Waals surface area (Å²) in [6, 6.07) is 8.36. The molecule has 0 aliphatic carbocycles. The number of ether oxygens (including phenoxy) is 1. The minimum atomic E-state index is -0.666. The van der Waals surface area contributed by atoms with E-state index in [4.69, 9.17) is 27.9 Å². The molecule has 126 valence electrons. The first-order valence-electron chi connectivity index (χ1n) is 6.77. The van der Waals surface area contributed by atoms with E-state index in [0.717, 1.165) is 6.07 Å². The smallest absolute Gasteiger partial charge is 0.251 e. The van der Waals surface area contributed by atoms with E-state index in [1.807, 2.05) is 0 Å². The first-order chi connectivity index (χ1) is 11.4. The van der Waals surface area contributed by atoms with Crippen LogP contribution in [0.5, 0.6) is 5.75 Å². The summed E-state index contributed by atoms with van der Waals surface area (Å²) >= 11 is 11.8. The maximum absolute atomic E-state index is 13.6. The molecule has 8 heteroatoms. The molecule has 2 aromatic carbocycles. The standard InChI is InChI=1S/C16H13Cl2FN2O3/c1-24-14-5-2-9(6-12(14)19)16(23)20-8-15(22)21-13-7-10(17)3-4-11(13)18/h2-7H,8H2,1H3,(H,20,23)(H,21,22). The summed E-state index contributed by atoms with van der Waals surface area (Å²) in [4.78, 5) is 23.8. The number of benzene rings is 2. The highest BCUT2D eigenvalue weighted by Gasteiger charge is 2.12. The maximum atomic E-state index is 13.6. The predicted molar refractivity (Wildman–Crippen MR) is 90.4 cm³/mol. The lowest BCUT2D eigenvalue weighted by Crippen LogP contribution is -2.33. The molecule has 0 aromatic heterocycles. The zero-order valence-electron chi connectivity index (χ0n) is 12.5. The van der Waals surface area contributed by atoms with E-state index in [1.54, 1.807) is 6.07 Å². The number of carbonyl (C=O) groups is 2. The van der Waals surface area contributed by atoms with Gasteiger partial charge in [0.1, 0.15) is 0 Å². The summed E-state index contributed by atoms with van der Waals surface area (Å²) in [6.45, 7) is -0.310. The first kappa shape index (κ1) is 18.0. The molecular formula is C16H13Cl2FN2O3. The topological polar surface area (TPSA) is 67.4 Å². The molecule has 0 unspecified atom stereocenters. The van der Waals surface area contributed by atoms with Gasteiger partial charge in [0, 0.05) is 10.6 Å². The van der Waals surface area contributed by atoms with E-state index in [0.29, 0.717) is 15.7 Å². The third-order valence-corrected chi connectivity index (χ3v) is 3.59. The number of nitrogens with one attached hydrogen (secondary N) is 2. The first-order valence-corrected chi connectivity index (χ1v) is 7.53. The quantitative estimate of drug-likeness (QED) is 0.845. The Labute approximate surface area is 147 Å². The maximum Gasteiger partial charge on any atom is 0.251 e. The molecule has 0 radical (unpaired) electrons. The van der Waals surface area contributed by atoms with Gasteiger partial charge in [0.2, 0.25) is 5.91 Å². The Kier molecular flexibility index (Phi) is 6.00. The number of amides is 2. The molecule has 0 bridgehead atoms. The number of rotatable bonds is 5. The number of halogens is 3. The summed E-state index contributed by atoms with van der Waals surface area (Å²) in [5, 5.41) is 5.63. The third-order valence-electron chi connectivity index (χ3n) is 3.03. The minimum absolute atomic E-state index is 0.0277. The highest BCUT2D eigenvalue weighted by Crippen LogP contribution is 2.25. The van der Waals surface area contributed by atoms with Gasteiger partial charge in [0.25, 0.3) is 5.91 Å². The molecule has 0 aliphatic heterocycles. The van der Waals surface area contributed by atoms with E-state index in [1.165, 1.54) is 31.4 Å². The van der Waals surface area contributed by atoms with Crippen molar-refractivity contribution in [3.63, 3.8) is 0 Å². The molecule has 24 heavy (non-hydrogen) atoms. The summed E-state index contributed by atoms with van der Waals surface area (Å²) < 4.78 is 18.3. The zero-order chi connectivity index (χ0) is 17.7. The highest BCUT2D eigenvalue weighted by atomic mass is 35.5. The minimum Gasteiger partial charge on any atom is -0.494 e. The van der Waals surface area contributed by atoms with Crippen LogP contribution in [0.1, 0.15) is 10.4 Å². The molecular weight excluding hydrogens is 358 g/mol. The second-order valence-electron chi connectivity index (χ2n) is 4.70. The number of hydrogen-bond acceptors (Lipinski definition) is 3. The van der Waals surface area contributed by atoms with Gasteiger partial charge in [-0.2, -0.15) is 0 Å². The molecule has 0 spiro atoms. The Morgan fingerprint density at radius 3 is 2.58 bits per heavy atom. The Morgan fingerprint density at radius 2 is 1.92 bits per heavy atom. The average molecular weight is 371 g/mol. The van der Waals surface area contributed by atoms with Crippen molar-refractivity contribution in [3.8, 4) is 5.75 Å². The van der Waals surface area contributed by atoms with Gasteiger partial charge in [0.05, 0.1) is 24.4 Å². The van der Waals surface area contributed by atoms with E-state index < -0.39 is 17.6 Å². The van der Waals surface area contributed by atoms with Crippen LogP contribution in [-0.4, -0.2) is 25.5 Å². The van der Waals surface area contributed by atoms with Gasteiger partial charge in [-0.05, 0) is 36.4 Å². The van der Waals surface area contributed by atoms with E-state index in [-0.39, 0.29) is 17.9 Å². The highest BCUT2D eigenvalue weighted by molar-refractivity contribution is 6.35. The molecule has 0 atom stereocenters. The molecule has 0 fully saturated rings. The molecule has 2 rings (SSSR count). The van der Waals surface area contributed by atoms with Crippen molar-refractivity contribution in [1.29, 1.82) is 0 Å². The van der Waals surface area contributed by atoms with Crippen LogP contribution in [0, 0.1) is 5.82 Å². The normalized spacial score (nSPS) is 10.2. The largest absolute Gasteiger partial charge is 0.494 e. The van der Waals surface area contributed by atoms with Crippen LogP contribution in [0.4, 0.5) is 10.1 Å². The van der Waals surface area contributed by atoms with Crippen LogP contribution in [0.2, 0.25) is 10.0 Å². The Morgan fingerprint density at radius 1 is 1.17 bits per heavy atom. The number of methoxy groups -OCH3 is 1. The fourth-order valence-electron chi connectivity index (χ4n) is 1.86. The Hall–Kier alpha value is -2.31. The van der Waals surface area contributed by atoms with Crippen molar-refractivity contribution in [1.82, 2.24) is 5.32 Å². The van der Waals surface area contributed by atoms with Crippen molar-refractivity contribution in [2.24, 2.45) is 0 Å². The van der Waals surface area contributed by atoms with Crippen LogP contribution in [0.3, 0.4) is 0 Å². The predicted octanol–water partition coefficient (Wildman–Crippen LogP) is 3.51. The van der Waals surface area contributed by atoms with Crippen LogP contribution in [-0.2, 0) is 4.79 Å². The molecule has 0 heterocycles. The van der Waals surface area contributed by atoms with Crippen LogP contribution in [0.15, 0.2) is 36.4 Å². The molecule has 5 nitrogen and oxygen atoms in total. The SMILES string of the molecule is COc1ccc(C(=O)NCC(=O)Nc2cc(Cl)ccc2Cl)cc1F. The lowest BCUT2D eigenvalue weighted by Gasteiger charge is -2.09. The van der Waals surface area contributed by atoms with Gasteiger partial charge in [-0.1, -0.05) is 23.2 Å². The van der Waals surface area contributed by atoms with Crippen LogP contribution < -0.4 is 15.4 Å². The van der Waals surface area contributed by atoms with Crippen molar-refractivity contribution < 1.29 is 18.7 Å². The third kappa shape index (κ3) is 4.59. The van der Waals surface area contributed by atoms with Crippen molar-refractivity contribution in [2.45, 2.75) is 0 Å². The number of carbonyl (C=O) groups excluding carboxylic acids is 2. The van der Waals surface area contributed by atoms with Gasteiger partial charge in [0.15, 0.2) is 11.6 Å². The van der Waals surface area contributed by atoms with E-state index >= 15 is 0 Å². The fourth-order valence-corrected chi connectivity index (χ4v) is 2.19. The molecule has 2 amide bonds. The van der Waals surface area contributed by atoms with E-state index in [2.05, 4.69) is 10.6 Å². The Balaban J connectivity index is 1.95. The lowest BCUT2D eigenvalue weighted by atomic mass is 10.2. The van der Waals surface area contributed by atoms with Crippen molar-refractivity contribution in [3.05, 3.63) is 57.8 Å². The second kappa shape index (κ2) is 7.99. The molecule has 0 aliphatic rings. The molecule has 0 saturated carbocycles. The average Bonchev–Trinajstić information content (AvgIpc) is 2.56. The summed E-state index contributed by atoms with van der Waals surface area (Å²) in [5.74, 6) is -1.73. The van der Waals surface area contributed by atoms with Crippen LogP contribution in [0.25, 0.3) is 0 Å². The van der Waals surface area contributed by atoms with Crippen molar-refractivity contribution in [2.75, 3.05) is 19.0 Å². The Bertz CT molecular complexity index is 784. The van der Waals surface area contributed by atoms with E-state index in [9.17, 15) is 14.0 Å². The number of anilines is 1. The second-order valence-corrected chi connectivity index (χ2v) is 5.55. The monoisotopic (exact) mass is 370 g/mol. The zero-order valence-corrected chi connectivity index (χ0v) is 14.0. The van der Waals surface area contributed by atoms with Gasteiger partial charge < -0.3 is 15.4 Å². The van der Waals surface area contributed by atoms with Gasteiger partial charge in [-0.3, -0.25) is 9.59 Å². The summed E-state index contributed by atoms with van der Waals surface area (Å²) in [5.41, 5.74) is 0.404.